The van der Waals surface area contributed by atoms with Crippen LogP contribution in [-0.4, -0.2) is 120 Å². The van der Waals surface area contributed by atoms with Crippen LogP contribution in [0.4, 0.5) is 5.69 Å². The second kappa shape index (κ2) is 21.7. The maximum absolute atomic E-state index is 12.3. The van der Waals surface area contributed by atoms with Gasteiger partial charge in [-0.3, -0.25) is 24.7 Å². The minimum atomic E-state index is -3.34. The highest BCUT2D eigenvalue weighted by molar-refractivity contribution is 7.90. The van der Waals surface area contributed by atoms with Crippen LogP contribution in [0.1, 0.15) is 30.9 Å². The van der Waals surface area contributed by atoms with E-state index in [4.69, 9.17) is 23.7 Å². The molecule has 0 saturated carbocycles. The Kier molecular flexibility index (Phi) is 15.7. The zero-order chi connectivity index (χ0) is 44.2. The molecule has 0 bridgehead atoms. The van der Waals surface area contributed by atoms with Crippen molar-refractivity contribution in [2.45, 2.75) is 43.8 Å². The van der Waals surface area contributed by atoms with Gasteiger partial charge in [0.1, 0.15) is 29.6 Å². The lowest BCUT2D eigenvalue weighted by molar-refractivity contribution is -0.137. The van der Waals surface area contributed by atoms with Crippen LogP contribution in [0.5, 0.6) is 23.0 Å². The van der Waals surface area contributed by atoms with Crippen molar-refractivity contribution in [3.63, 3.8) is 0 Å². The number of piperidine rings is 1. The first kappa shape index (κ1) is 45.5. The molecular weight excluding hydrogens is 825 g/mol. The number of fused-ring (bicyclic) bond motifs is 2. The minimum absolute atomic E-state index is 0.150. The van der Waals surface area contributed by atoms with E-state index in [2.05, 4.69) is 45.6 Å². The van der Waals surface area contributed by atoms with Gasteiger partial charge in [-0.05, 0) is 108 Å². The SMILES string of the molecule is CCN(CCOCCOCCOCCNc1ccc2c(c1)CN(C1CCC(=O)NC1=O)C2)CCOc1ccc(Oc2c(-c3ccc(S(C)(=O)=O)cc3)ccc3cc(O)ccc23)cc1. The van der Waals surface area contributed by atoms with Crippen molar-refractivity contribution in [3.05, 3.63) is 108 Å². The number of sulfone groups is 1. The van der Waals surface area contributed by atoms with Crippen molar-refractivity contribution in [2.75, 3.05) is 84.0 Å². The van der Waals surface area contributed by atoms with Crippen LogP contribution in [-0.2, 0) is 46.7 Å². The van der Waals surface area contributed by atoms with Gasteiger partial charge in [0, 0.05) is 62.0 Å². The Hall–Kier alpha value is -5.55. The van der Waals surface area contributed by atoms with E-state index in [9.17, 15) is 23.1 Å². The van der Waals surface area contributed by atoms with E-state index in [0.717, 1.165) is 47.2 Å². The van der Waals surface area contributed by atoms with Gasteiger partial charge in [0.15, 0.2) is 9.84 Å². The molecule has 1 unspecified atom stereocenters. The van der Waals surface area contributed by atoms with Crippen molar-refractivity contribution < 1.29 is 46.8 Å². The van der Waals surface area contributed by atoms with Gasteiger partial charge in [-0.2, -0.15) is 0 Å². The van der Waals surface area contributed by atoms with E-state index in [1.807, 2.05) is 42.5 Å². The Bertz CT molecular complexity index is 2450. The van der Waals surface area contributed by atoms with Crippen molar-refractivity contribution in [2.24, 2.45) is 0 Å². The number of hydrogen-bond donors (Lipinski definition) is 3. The number of carbonyl (C=O) groups excluding carboxylic acids is 2. The zero-order valence-electron chi connectivity index (χ0n) is 35.8. The van der Waals surface area contributed by atoms with Gasteiger partial charge in [-0.15, -0.1) is 0 Å². The van der Waals surface area contributed by atoms with Crippen molar-refractivity contribution in [3.8, 4) is 34.1 Å². The summed E-state index contributed by atoms with van der Waals surface area (Å²) in [6.07, 6.45) is 2.13. The molecule has 2 aliphatic heterocycles. The molecule has 5 aromatic carbocycles. The number of amides is 2. The molecule has 1 saturated heterocycles. The smallest absolute Gasteiger partial charge is 0.243 e. The normalized spacial score (nSPS) is 15.4. The first-order valence-electron chi connectivity index (χ1n) is 21.4. The monoisotopic (exact) mass is 880 g/mol. The molecule has 2 aliphatic rings. The molecule has 5 aromatic rings. The molecule has 0 spiro atoms. The summed E-state index contributed by atoms with van der Waals surface area (Å²) < 4.78 is 53.8. The van der Waals surface area contributed by atoms with Gasteiger partial charge in [-0.25, -0.2) is 8.42 Å². The second-order valence-corrected chi connectivity index (χ2v) is 17.6. The van der Waals surface area contributed by atoms with Crippen molar-refractivity contribution in [1.82, 2.24) is 15.1 Å². The zero-order valence-corrected chi connectivity index (χ0v) is 36.7. The molecule has 63 heavy (non-hydrogen) atoms. The number of rotatable bonds is 23. The van der Waals surface area contributed by atoms with Crippen LogP contribution in [0.15, 0.2) is 102 Å². The van der Waals surface area contributed by atoms with Crippen molar-refractivity contribution in [1.29, 1.82) is 0 Å². The van der Waals surface area contributed by atoms with Gasteiger partial charge in [0.05, 0.1) is 50.6 Å². The molecule has 0 aromatic heterocycles. The number of hydrogen-bond acceptors (Lipinski definition) is 13. The fourth-order valence-electron chi connectivity index (χ4n) is 7.73. The molecule has 14 nitrogen and oxygen atoms in total. The van der Waals surface area contributed by atoms with Gasteiger partial charge in [0.25, 0.3) is 0 Å². The standard InChI is InChI=1S/C48H56N4O10S/c1-3-51(21-24-59-27-29-60-28-26-58-23-20-49-38-8-4-36-32-52(33-37(36)30-38)45-18-19-46(54)50-48(45)55)22-25-61-40-10-12-41(13-11-40)62-47-43(16-7-35-31-39(53)9-17-44(35)47)34-5-14-42(15-6-34)63(2,56)57/h4-17,30-31,45,49,53H,3,18-29,32-33H2,1-2H3,(H,50,54,55). The highest BCUT2D eigenvalue weighted by atomic mass is 32.2. The molecule has 334 valence electrons. The number of aromatic hydroxyl groups is 1. The number of phenolic OH excluding ortho intramolecular Hbond substituents is 1. The van der Waals surface area contributed by atoms with E-state index in [0.29, 0.717) is 96.0 Å². The predicted molar refractivity (Wildman–Crippen MR) is 241 cm³/mol. The number of phenols is 1. The molecule has 3 N–H and O–H groups in total. The number of likely N-dealkylation sites (N-methyl/N-ethyl adjacent to an activating group) is 1. The fourth-order valence-corrected chi connectivity index (χ4v) is 8.37. The molecule has 0 radical (unpaired) electrons. The summed E-state index contributed by atoms with van der Waals surface area (Å²) in [5.41, 5.74) is 5.00. The van der Waals surface area contributed by atoms with Crippen LogP contribution < -0.4 is 20.1 Å². The van der Waals surface area contributed by atoms with E-state index < -0.39 is 9.84 Å². The Morgan fingerprint density at radius 1 is 0.778 bits per heavy atom. The maximum atomic E-state index is 12.3. The third-order valence-electron chi connectivity index (χ3n) is 11.2. The lowest BCUT2D eigenvalue weighted by atomic mass is 9.99. The number of carbonyl (C=O) groups is 2. The Morgan fingerprint density at radius 2 is 1.48 bits per heavy atom. The Morgan fingerprint density at radius 3 is 2.21 bits per heavy atom. The van der Waals surface area contributed by atoms with Crippen LogP contribution >= 0.6 is 0 Å². The van der Waals surface area contributed by atoms with E-state index in [1.54, 1.807) is 36.4 Å². The summed E-state index contributed by atoms with van der Waals surface area (Å²) >= 11 is 0. The highest BCUT2D eigenvalue weighted by Crippen LogP contribution is 2.41. The topological polar surface area (TPSA) is 165 Å². The number of ether oxygens (including phenoxy) is 5. The van der Waals surface area contributed by atoms with Crippen LogP contribution in [0.25, 0.3) is 21.9 Å². The lowest BCUT2D eigenvalue weighted by Gasteiger charge is -2.29. The number of imide groups is 1. The van der Waals surface area contributed by atoms with Gasteiger partial charge >= 0.3 is 0 Å². The summed E-state index contributed by atoms with van der Waals surface area (Å²) in [7, 11) is -3.34. The van der Waals surface area contributed by atoms with E-state index in [-0.39, 0.29) is 28.5 Å². The summed E-state index contributed by atoms with van der Waals surface area (Å²) in [5, 5.41) is 17.6. The molecule has 15 heteroatoms. The average Bonchev–Trinajstić information content (AvgIpc) is 3.69. The van der Waals surface area contributed by atoms with Gasteiger partial charge < -0.3 is 34.1 Å². The number of nitrogens with zero attached hydrogens (tertiary/aromatic N) is 2. The first-order valence-corrected chi connectivity index (χ1v) is 23.3. The second-order valence-electron chi connectivity index (χ2n) is 15.6. The summed E-state index contributed by atoms with van der Waals surface area (Å²) in [6.45, 7) is 10.2. The summed E-state index contributed by atoms with van der Waals surface area (Å²) in [4.78, 5) is 28.5. The Balaban J connectivity index is 0.748. The maximum Gasteiger partial charge on any atom is 0.243 e. The fraction of sp³-hybridized carbons (Fsp3) is 0.375. The minimum Gasteiger partial charge on any atom is -0.508 e. The van der Waals surface area contributed by atoms with E-state index in [1.165, 1.54) is 17.4 Å². The van der Waals surface area contributed by atoms with Crippen LogP contribution in [0, 0.1) is 0 Å². The summed E-state index contributed by atoms with van der Waals surface area (Å²) in [5.74, 6) is 1.67. The van der Waals surface area contributed by atoms with Crippen LogP contribution in [0.3, 0.4) is 0 Å². The molecule has 0 aliphatic carbocycles. The third-order valence-corrected chi connectivity index (χ3v) is 12.3. The largest absolute Gasteiger partial charge is 0.508 e. The molecule has 1 atom stereocenters. The third kappa shape index (κ3) is 12.6. The molecule has 2 amide bonds. The molecular formula is C48H56N4O10S. The molecule has 2 heterocycles. The number of nitrogens with one attached hydrogen (secondary N) is 2. The predicted octanol–water partition coefficient (Wildman–Crippen LogP) is 6.39. The quantitative estimate of drug-likeness (QED) is 0.0489. The van der Waals surface area contributed by atoms with Gasteiger partial charge in [0.2, 0.25) is 11.8 Å². The molecule has 7 rings (SSSR count). The van der Waals surface area contributed by atoms with Crippen molar-refractivity contribution >= 4 is 38.1 Å². The first-order chi connectivity index (χ1) is 30.5. The highest BCUT2D eigenvalue weighted by Gasteiger charge is 2.34. The van der Waals surface area contributed by atoms with Gasteiger partial charge in [-0.1, -0.05) is 31.2 Å². The Labute approximate surface area is 369 Å². The molecule has 1 fully saturated rings. The number of benzene rings is 5. The number of anilines is 1. The van der Waals surface area contributed by atoms with Crippen LogP contribution in [0.2, 0.25) is 0 Å². The average molecular weight is 881 g/mol. The lowest BCUT2D eigenvalue weighted by Crippen LogP contribution is -2.50. The van der Waals surface area contributed by atoms with E-state index >= 15 is 0 Å². The summed E-state index contributed by atoms with van der Waals surface area (Å²) in [6, 6.07) is 29.1.